The third-order valence-corrected chi connectivity index (χ3v) is 3.52. The van der Waals surface area contributed by atoms with E-state index in [4.69, 9.17) is 4.74 Å². The van der Waals surface area contributed by atoms with Gasteiger partial charge in [-0.25, -0.2) is 14.6 Å². The zero-order valence-electron chi connectivity index (χ0n) is 14.3. The molecule has 9 heteroatoms. The van der Waals surface area contributed by atoms with Gasteiger partial charge in [0.25, 0.3) is 5.91 Å². The number of anilines is 1. The largest absolute Gasteiger partial charge is 0.451 e. The van der Waals surface area contributed by atoms with E-state index in [-0.39, 0.29) is 11.7 Å². The summed E-state index contributed by atoms with van der Waals surface area (Å²) in [7, 11) is 0. The fourth-order valence-electron chi connectivity index (χ4n) is 1.58. The number of nitrogens with one attached hydrogen (secondary N) is 3. The van der Waals surface area contributed by atoms with E-state index >= 15 is 0 Å². The van der Waals surface area contributed by atoms with Crippen molar-refractivity contribution in [3.63, 3.8) is 0 Å². The number of imide groups is 1. The van der Waals surface area contributed by atoms with E-state index in [1.807, 2.05) is 0 Å². The van der Waals surface area contributed by atoms with Gasteiger partial charge in [-0.15, -0.1) is 11.3 Å². The van der Waals surface area contributed by atoms with Crippen LogP contribution in [0.5, 0.6) is 0 Å². The van der Waals surface area contributed by atoms with Crippen LogP contribution in [0.15, 0.2) is 5.38 Å². The molecule has 1 aromatic heterocycles. The molecule has 0 aliphatic heterocycles. The van der Waals surface area contributed by atoms with E-state index in [1.54, 1.807) is 19.2 Å². The van der Waals surface area contributed by atoms with Crippen molar-refractivity contribution >= 4 is 34.4 Å². The van der Waals surface area contributed by atoms with E-state index in [2.05, 4.69) is 34.8 Å². The number of nitrogens with zero attached hydrogens (tertiary/aromatic N) is 1. The van der Waals surface area contributed by atoms with Crippen molar-refractivity contribution in [2.75, 3.05) is 18.5 Å². The van der Waals surface area contributed by atoms with Crippen LogP contribution in [0.1, 0.15) is 44.6 Å². The normalized spacial score (nSPS) is 10.6. The second-order valence-electron chi connectivity index (χ2n) is 5.90. The van der Waals surface area contributed by atoms with E-state index < -0.39 is 24.5 Å². The van der Waals surface area contributed by atoms with Gasteiger partial charge in [-0.1, -0.05) is 13.8 Å². The molecule has 0 fully saturated rings. The van der Waals surface area contributed by atoms with Crippen LogP contribution in [0.4, 0.5) is 9.93 Å². The second-order valence-corrected chi connectivity index (χ2v) is 6.76. The first-order valence-corrected chi connectivity index (χ1v) is 8.62. The molecule has 134 valence electrons. The molecule has 3 N–H and O–H groups in total. The molecule has 0 atom stereocenters. The van der Waals surface area contributed by atoms with Gasteiger partial charge in [-0.2, -0.15) is 0 Å². The van der Waals surface area contributed by atoms with E-state index in [0.717, 1.165) is 13.0 Å². The Morgan fingerprint density at radius 3 is 2.58 bits per heavy atom. The fraction of sp³-hybridized carbons (Fsp3) is 0.600. The van der Waals surface area contributed by atoms with E-state index in [0.29, 0.717) is 11.0 Å². The number of carbonyl (C=O) groups excluding carboxylic acids is 3. The molecule has 0 aliphatic rings. The Kier molecular flexibility index (Phi) is 8.17. The van der Waals surface area contributed by atoms with Gasteiger partial charge in [0.2, 0.25) is 0 Å². The fourth-order valence-corrected chi connectivity index (χ4v) is 2.29. The number of esters is 1. The summed E-state index contributed by atoms with van der Waals surface area (Å²) >= 11 is 1.29. The Morgan fingerprint density at radius 2 is 1.96 bits per heavy atom. The number of aromatic nitrogens is 1. The predicted octanol–water partition coefficient (Wildman–Crippen LogP) is 1.99. The molecule has 8 nitrogen and oxygen atoms in total. The molecule has 0 unspecified atom stereocenters. The van der Waals surface area contributed by atoms with Crippen molar-refractivity contribution in [1.29, 1.82) is 0 Å². The number of urea groups is 1. The number of hydrogen-bond donors (Lipinski definition) is 3. The summed E-state index contributed by atoms with van der Waals surface area (Å²) in [5.74, 6) is -0.831. The average molecular weight is 356 g/mol. The van der Waals surface area contributed by atoms with Gasteiger partial charge < -0.3 is 15.4 Å². The average Bonchev–Trinajstić information content (AvgIpc) is 2.92. The topological polar surface area (TPSA) is 109 Å². The lowest BCUT2D eigenvalue weighted by Gasteiger charge is -2.09. The molecular formula is C15H24N4O4S. The number of amides is 3. The molecule has 0 aromatic carbocycles. The summed E-state index contributed by atoms with van der Waals surface area (Å²) in [5, 5.41) is 9.87. The van der Waals surface area contributed by atoms with Gasteiger partial charge >= 0.3 is 12.0 Å². The summed E-state index contributed by atoms with van der Waals surface area (Å²) in [6.07, 6.45) is 0.998. The first-order valence-electron chi connectivity index (χ1n) is 7.74. The van der Waals surface area contributed by atoms with Crippen LogP contribution in [-0.4, -0.2) is 42.1 Å². The minimum atomic E-state index is -0.706. The van der Waals surface area contributed by atoms with Gasteiger partial charge in [0.05, 0.1) is 0 Å². The number of carbonyl (C=O) groups is 3. The number of thiazole rings is 1. The Balaban J connectivity index is 2.36. The van der Waals surface area contributed by atoms with Gasteiger partial charge in [0, 0.05) is 18.0 Å². The predicted molar refractivity (Wildman–Crippen MR) is 92.2 cm³/mol. The maximum absolute atomic E-state index is 11.8. The quantitative estimate of drug-likeness (QED) is 0.615. The number of rotatable bonds is 8. The van der Waals surface area contributed by atoms with Crippen LogP contribution in [0.3, 0.4) is 0 Å². The number of ether oxygens (including phenoxy) is 1. The maximum atomic E-state index is 11.8. The van der Waals surface area contributed by atoms with Crippen molar-refractivity contribution < 1.29 is 19.1 Å². The van der Waals surface area contributed by atoms with Gasteiger partial charge in [-0.3, -0.25) is 10.1 Å². The third-order valence-electron chi connectivity index (χ3n) is 2.72. The molecule has 0 radical (unpaired) electrons. The van der Waals surface area contributed by atoms with Gasteiger partial charge in [0.15, 0.2) is 17.4 Å². The lowest BCUT2D eigenvalue weighted by Crippen LogP contribution is -2.44. The first-order chi connectivity index (χ1) is 11.3. The van der Waals surface area contributed by atoms with Gasteiger partial charge in [-0.05, 0) is 26.2 Å². The van der Waals surface area contributed by atoms with Crippen LogP contribution in [-0.2, 0) is 9.53 Å². The molecule has 0 saturated carbocycles. The highest BCUT2D eigenvalue weighted by atomic mass is 32.1. The molecule has 24 heavy (non-hydrogen) atoms. The monoisotopic (exact) mass is 356 g/mol. The molecule has 0 aliphatic carbocycles. The van der Waals surface area contributed by atoms with Crippen LogP contribution >= 0.6 is 11.3 Å². The highest BCUT2D eigenvalue weighted by molar-refractivity contribution is 7.13. The van der Waals surface area contributed by atoms with Crippen LogP contribution in [0.2, 0.25) is 0 Å². The van der Waals surface area contributed by atoms with Crippen molar-refractivity contribution in [3.8, 4) is 0 Å². The smallest absolute Gasteiger partial charge is 0.358 e. The summed E-state index contributed by atoms with van der Waals surface area (Å²) in [6.45, 7) is 8.00. The SMILES string of the molecule is CC(C)CCNc1nc(C(=O)OCC(=O)NC(=O)NC(C)C)cs1. The highest BCUT2D eigenvalue weighted by Crippen LogP contribution is 2.16. The molecule has 1 heterocycles. The Labute approximate surface area is 145 Å². The molecular weight excluding hydrogens is 332 g/mol. The van der Waals surface area contributed by atoms with Crippen LogP contribution in [0, 0.1) is 5.92 Å². The maximum Gasteiger partial charge on any atom is 0.358 e. The lowest BCUT2D eigenvalue weighted by molar-refractivity contribution is -0.123. The second kappa shape index (κ2) is 9.86. The van der Waals surface area contributed by atoms with Crippen molar-refractivity contribution in [2.24, 2.45) is 5.92 Å². The first kappa shape index (κ1) is 19.9. The highest BCUT2D eigenvalue weighted by Gasteiger charge is 2.15. The van der Waals surface area contributed by atoms with Crippen molar-refractivity contribution in [2.45, 2.75) is 40.2 Å². The summed E-state index contributed by atoms with van der Waals surface area (Å²) in [5.41, 5.74) is 0.131. The van der Waals surface area contributed by atoms with Crippen LogP contribution in [0.25, 0.3) is 0 Å². The molecule has 3 amide bonds. The van der Waals surface area contributed by atoms with Crippen molar-refractivity contribution in [1.82, 2.24) is 15.6 Å². The summed E-state index contributed by atoms with van der Waals surface area (Å²) < 4.78 is 4.84. The third kappa shape index (κ3) is 7.91. The van der Waals surface area contributed by atoms with E-state index in [1.165, 1.54) is 11.3 Å². The molecule has 1 aromatic rings. The van der Waals surface area contributed by atoms with E-state index in [9.17, 15) is 14.4 Å². The lowest BCUT2D eigenvalue weighted by atomic mass is 10.1. The standard InChI is InChI=1S/C15H24N4O4S/c1-9(2)5-6-16-15-18-11(8-24-15)13(21)23-7-12(20)19-14(22)17-10(3)4/h8-10H,5-7H2,1-4H3,(H,16,18)(H2,17,19,20,22). The van der Waals surface area contributed by atoms with Crippen molar-refractivity contribution in [3.05, 3.63) is 11.1 Å². The summed E-state index contributed by atoms with van der Waals surface area (Å²) in [6, 6.07) is -0.728. The minimum Gasteiger partial charge on any atom is -0.451 e. The zero-order chi connectivity index (χ0) is 18.1. The Bertz CT molecular complexity index is 572. The van der Waals surface area contributed by atoms with Gasteiger partial charge in [0.1, 0.15) is 0 Å². The minimum absolute atomic E-state index is 0.100. The Hall–Kier alpha value is -2.16. The zero-order valence-corrected chi connectivity index (χ0v) is 15.2. The summed E-state index contributed by atoms with van der Waals surface area (Å²) in [4.78, 5) is 38.8. The Morgan fingerprint density at radius 1 is 1.25 bits per heavy atom. The van der Waals surface area contributed by atoms with Crippen LogP contribution < -0.4 is 16.0 Å². The molecule has 1 rings (SSSR count). The number of hydrogen-bond acceptors (Lipinski definition) is 7. The molecule has 0 bridgehead atoms. The molecule has 0 spiro atoms. The molecule has 0 saturated heterocycles.